The molecule has 1 atom stereocenters. The average Bonchev–Trinajstić information content (AvgIpc) is 2.87. The number of benzene rings is 1. The molecule has 1 unspecified atom stereocenters. The highest BCUT2D eigenvalue weighted by Crippen LogP contribution is 2.25. The van der Waals surface area contributed by atoms with Crippen LogP contribution in [0.4, 0.5) is 10.2 Å². The van der Waals surface area contributed by atoms with E-state index in [2.05, 4.69) is 9.97 Å². The minimum absolute atomic E-state index is 0.0197. The molecule has 0 N–H and O–H groups in total. The molecule has 36 heavy (non-hydrogen) atoms. The fraction of sp³-hybridized carbons (Fsp3) is 0.458. The van der Waals surface area contributed by atoms with E-state index in [9.17, 15) is 18.8 Å². The zero-order valence-electron chi connectivity index (χ0n) is 20.2. The SMILES string of the molecule is CC(=O)N1CCN(C(=O)CSc2nc(Cl)cc(N3CCN(C(=O)c4ccc(F)cc4)C(C)C3)n2)CC1. The number of rotatable bonds is 5. The molecule has 12 heteroatoms. The van der Waals surface area contributed by atoms with E-state index in [0.717, 1.165) is 0 Å². The predicted molar refractivity (Wildman–Crippen MR) is 136 cm³/mol. The summed E-state index contributed by atoms with van der Waals surface area (Å²) in [7, 11) is 0. The van der Waals surface area contributed by atoms with Crippen molar-refractivity contribution in [1.82, 2.24) is 24.7 Å². The molecule has 1 aromatic heterocycles. The van der Waals surface area contributed by atoms with Crippen molar-refractivity contribution < 1.29 is 18.8 Å². The average molecular weight is 535 g/mol. The van der Waals surface area contributed by atoms with E-state index in [4.69, 9.17) is 11.6 Å². The van der Waals surface area contributed by atoms with Gasteiger partial charge in [-0.3, -0.25) is 14.4 Å². The number of carbonyl (C=O) groups is 3. The summed E-state index contributed by atoms with van der Waals surface area (Å²) in [5.74, 6) is 0.288. The molecule has 192 valence electrons. The van der Waals surface area contributed by atoms with Gasteiger partial charge in [-0.25, -0.2) is 14.4 Å². The van der Waals surface area contributed by atoms with Crippen molar-refractivity contribution in [2.75, 3.05) is 56.5 Å². The number of hydrogen-bond donors (Lipinski definition) is 0. The first-order chi connectivity index (χ1) is 17.2. The normalized spacial score (nSPS) is 18.4. The molecule has 2 aromatic rings. The van der Waals surface area contributed by atoms with Gasteiger partial charge < -0.3 is 19.6 Å². The van der Waals surface area contributed by atoms with Gasteiger partial charge in [-0.15, -0.1) is 0 Å². The summed E-state index contributed by atoms with van der Waals surface area (Å²) >= 11 is 7.49. The van der Waals surface area contributed by atoms with Crippen LogP contribution in [-0.2, 0) is 9.59 Å². The van der Waals surface area contributed by atoms with Gasteiger partial charge in [-0.2, -0.15) is 0 Å². The molecule has 4 rings (SSSR count). The maximum absolute atomic E-state index is 13.2. The van der Waals surface area contributed by atoms with Crippen LogP contribution in [0.5, 0.6) is 0 Å². The summed E-state index contributed by atoms with van der Waals surface area (Å²) in [5, 5.41) is 0.688. The van der Waals surface area contributed by atoms with Crippen molar-refractivity contribution in [2.45, 2.75) is 25.0 Å². The van der Waals surface area contributed by atoms with Crippen molar-refractivity contribution >= 4 is 46.9 Å². The Labute approximate surface area is 218 Å². The van der Waals surface area contributed by atoms with Gasteiger partial charge in [0, 0.05) is 70.4 Å². The van der Waals surface area contributed by atoms with E-state index in [1.807, 2.05) is 11.8 Å². The fourth-order valence-corrected chi connectivity index (χ4v) is 5.31. The Morgan fingerprint density at radius 2 is 1.69 bits per heavy atom. The molecule has 0 aliphatic carbocycles. The maximum atomic E-state index is 13.2. The third kappa shape index (κ3) is 6.25. The summed E-state index contributed by atoms with van der Waals surface area (Å²) in [4.78, 5) is 53.2. The second kappa shape index (κ2) is 11.4. The highest BCUT2D eigenvalue weighted by Gasteiger charge is 2.29. The van der Waals surface area contributed by atoms with Crippen LogP contribution in [0.25, 0.3) is 0 Å². The Kier molecular flexibility index (Phi) is 8.30. The molecule has 0 spiro atoms. The molecule has 0 radical (unpaired) electrons. The monoisotopic (exact) mass is 534 g/mol. The van der Waals surface area contributed by atoms with Crippen LogP contribution in [0.2, 0.25) is 5.15 Å². The summed E-state index contributed by atoms with van der Waals surface area (Å²) in [6.07, 6.45) is 0. The van der Waals surface area contributed by atoms with Crippen molar-refractivity contribution in [3.8, 4) is 0 Å². The third-order valence-corrected chi connectivity index (χ3v) is 7.39. The van der Waals surface area contributed by atoms with Gasteiger partial charge in [0.25, 0.3) is 5.91 Å². The summed E-state index contributed by atoms with van der Waals surface area (Å²) in [6, 6.07) is 7.14. The molecule has 1 aromatic carbocycles. The Morgan fingerprint density at radius 3 is 2.33 bits per heavy atom. The first-order valence-electron chi connectivity index (χ1n) is 11.7. The molecular formula is C24H28ClFN6O3S. The van der Waals surface area contributed by atoms with Crippen LogP contribution in [0, 0.1) is 5.82 Å². The Balaban J connectivity index is 1.34. The summed E-state index contributed by atoms with van der Waals surface area (Å²) < 4.78 is 13.2. The van der Waals surface area contributed by atoms with Gasteiger partial charge in [0.05, 0.1) is 5.75 Å². The van der Waals surface area contributed by atoms with E-state index in [0.29, 0.717) is 62.4 Å². The molecular weight excluding hydrogens is 507 g/mol. The van der Waals surface area contributed by atoms with E-state index < -0.39 is 0 Å². The minimum atomic E-state index is -0.379. The number of nitrogens with zero attached hydrogens (tertiary/aromatic N) is 6. The zero-order valence-corrected chi connectivity index (χ0v) is 21.8. The molecule has 2 aliphatic heterocycles. The van der Waals surface area contributed by atoms with Gasteiger partial charge in [0.1, 0.15) is 16.8 Å². The van der Waals surface area contributed by atoms with Gasteiger partial charge in [-0.05, 0) is 31.2 Å². The van der Waals surface area contributed by atoms with E-state index in [1.165, 1.54) is 43.0 Å². The largest absolute Gasteiger partial charge is 0.353 e. The number of carbonyl (C=O) groups excluding carboxylic acids is 3. The van der Waals surface area contributed by atoms with Crippen molar-refractivity contribution in [3.63, 3.8) is 0 Å². The van der Waals surface area contributed by atoms with E-state index in [-0.39, 0.29) is 40.5 Å². The lowest BCUT2D eigenvalue weighted by Gasteiger charge is -2.40. The van der Waals surface area contributed by atoms with Crippen molar-refractivity contribution in [1.29, 1.82) is 0 Å². The van der Waals surface area contributed by atoms with Gasteiger partial charge in [0.15, 0.2) is 5.16 Å². The molecule has 0 saturated carbocycles. The molecule has 2 aliphatic rings. The number of halogens is 2. The topological polar surface area (TPSA) is 90.0 Å². The first kappa shape index (κ1) is 26.2. The highest BCUT2D eigenvalue weighted by atomic mass is 35.5. The van der Waals surface area contributed by atoms with Gasteiger partial charge in [0.2, 0.25) is 11.8 Å². The molecule has 3 heterocycles. The van der Waals surface area contributed by atoms with E-state index >= 15 is 0 Å². The van der Waals surface area contributed by atoms with Crippen LogP contribution in [0.15, 0.2) is 35.5 Å². The summed E-state index contributed by atoms with van der Waals surface area (Å²) in [6.45, 7) is 7.17. The Morgan fingerprint density at radius 1 is 1.03 bits per heavy atom. The smallest absolute Gasteiger partial charge is 0.254 e. The van der Waals surface area contributed by atoms with Crippen LogP contribution >= 0.6 is 23.4 Å². The quantitative estimate of drug-likeness (QED) is 0.330. The van der Waals surface area contributed by atoms with E-state index in [1.54, 1.807) is 20.8 Å². The number of anilines is 1. The van der Waals surface area contributed by atoms with Crippen LogP contribution in [0.1, 0.15) is 24.2 Å². The Hall–Kier alpha value is -2.92. The van der Waals surface area contributed by atoms with Crippen molar-refractivity contribution in [3.05, 3.63) is 46.9 Å². The predicted octanol–water partition coefficient (Wildman–Crippen LogP) is 2.40. The number of amides is 3. The second-order valence-corrected chi connectivity index (χ2v) is 10.1. The third-order valence-electron chi connectivity index (χ3n) is 6.37. The molecule has 2 saturated heterocycles. The number of thioether (sulfide) groups is 1. The fourth-order valence-electron chi connectivity index (χ4n) is 4.33. The maximum Gasteiger partial charge on any atom is 0.254 e. The standard InChI is InChI=1S/C24H28ClFN6O3S/c1-16-14-31(11-12-32(16)23(35)18-3-5-19(26)6-4-18)21-13-20(25)27-24(28-21)36-15-22(34)30-9-7-29(8-10-30)17(2)33/h3-6,13,16H,7-12,14-15H2,1-2H3. The molecule has 3 amide bonds. The Bertz CT molecular complexity index is 1130. The molecule has 0 bridgehead atoms. The summed E-state index contributed by atoms with van der Waals surface area (Å²) in [5.41, 5.74) is 0.452. The van der Waals surface area contributed by atoms with Crippen LogP contribution in [-0.4, -0.2) is 100.0 Å². The second-order valence-electron chi connectivity index (χ2n) is 8.81. The first-order valence-corrected chi connectivity index (χ1v) is 13.1. The highest BCUT2D eigenvalue weighted by molar-refractivity contribution is 7.99. The zero-order chi connectivity index (χ0) is 25.8. The number of hydrogen-bond acceptors (Lipinski definition) is 7. The number of piperazine rings is 2. The lowest BCUT2D eigenvalue weighted by Crippen LogP contribution is -2.54. The lowest BCUT2D eigenvalue weighted by molar-refractivity contribution is -0.136. The van der Waals surface area contributed by atoms with Gasteiger partial charge in [-0.1, -0.05) is 23.4 Å². The van der Waals surface area contributed by atoms with Crippen LogP contribution < -0.4 is 4.90 Å². The molecule has 9 nitrogen and oxygen atoms in total. The van der Waals surface area contributed by atoms with Crippen LogP contribution in [0.3, 0.4) is 0 Å². The minimum Gasteiger partial charge on any atom is -0.353 e. The number of aromatic nitrogens is 2. The van der Waals surface area contributed by atoms with Crippen molar-refractivity contribution in [2.24, 2.45) is 0 Å². The van der Waals surface area contributed by atoms with Gasteiger partial charge >= 0.3 is 0 Å². The molecule has 2 fully saturated rings. The lowest BCUT2D eigenvalue weighted by atomic mass is 10.1.